The molecule has 1 aliphatic heterocycles. The molecule has 2 atom stereocenters. The number of rotatable bonds is 3. The lowest BCUT2D eigenvalue weighted by Gasteiger charge is -2.30. The minimum Gasteiger partial charge on any atom is -0.447 e. The fraction of sp³-hybridized carbons (Fsp3) is 0.500. The molecule has 2 rings (SSSR count). The number of benzene rings is 1. The molecule has 17 heavy (non-hydrogen) atoms. The third-order valence-corrected chi connectivity index (χ3v) is 3.41. The van der Waals surface area contributed by atoms with Crippen LogP contribution in [0.3, 0.4) is 0 Å². The second-order valence-electron chi connectivity index (χ2n) is 4.88. The van der Waals surface area contributed by atoms with Crippen molar-refractivity contribution >= 4 is 6.09 Å². The van der Waals surface area contributed by atoms with Gasteiger partial charge in [-0.25, -0.2) is 4.79 Å². The average Bonchev–Trinajstić information content (AvgIpc) is 2.71. The summed E-state index contributed by atoms with van der Waals surface area (Å²) >= 11 is 0. The van der Waals surface area contributed by atoms with E-state index in [0.717, 1.165) is 5.56 Å². The largest absolute Gasteiger partial charge is 0.447 e. The van der Waals surface area contributed by atoms with Gasteiger partial charge in [-0.3, -0.25) is 4.90 Å². The van der Waals surface area contributed by atoms with E-state index >= 15 is 0 Å². The summed E-state index contributed by atoms with van der Waals surface area (Å²) in [6.07, 6.45) is -0.194. The average molecular weight is 233 g/mol. The van der Waals surface area contributed by atoms with Gasteiger partial charge in [-0.1, -0.05) is 44.2 Å². The van der Waals surface area contributed by atoms with Gasteiger partial charge in [0.25, 0.3) is 0 Å². The molecule has 1 aromatic carbocycles. The molecule has 0 unspecified atom stereocenters. The summed E-state index contributed by atoms with van der Waals surface area (Å²) in [7, 11) is 0. The zero-order valence-corrected chi connectivity index (χ0v) is 10.6. The molecule has 92 valence electrons. The standard InChI is InChI=1S/C14H19NO2/c1-10(2)13-9-17-14(16)15(13)11(3)12-7-5-4-6-8-12/h4-8,10-11,13H,9H2,1-3H3/t11-,13+/m0/s1. The Balaban J connectivity index is 2.23. The minimum absolute atomic E-state index is 0.0681. The van der Waals surface area contributed by atoms with Crippen molar-refractivity contribution < 1.29 is 9.53 Å². The fourth-order valence-corrected chi connectivity index (χ4v) is 2.30. The zero-order valence-electron chi connectivity index (χ0n) is 10.6. The molecule has 3 nitrogen and oxygen atoms in total. The van der Waals surface area contributed by atoms with Gasteiger partial charge in [0.15, 0.2) is 0 Å². The van der Waals surface area contributed by atoms with Crippen LogP contribution in [0.5, 0.6) is 0 Å². The van der Waals surface area contributed by atoms with Gasteiger partial charge in [-0.15, -0.1) is 0 Å². The third-order valence-electron chi connectivity index (χ3n) is 3.41. The molecule has 1 amide bonds. The molecule has 0 radical (unpaired) electrons. The lowest BCUT2D eigenvalue weighted by atomic mass is 10.00. The molecule has 1 saturated heterocycles. The van der Waals surface area contributed by atoms with E-state index in [1.165, 1.54) is 0 Å². The Morgan fingerprint density at radius 3 is 2.47 bits per heavy atom. The maximum atomic E-state index is 11.8. The SMILES string of the molecule is CC(C)[C@H]1COC(=O)N1[C@@H](C)c1ccccc1. The first kappa shape index (κ1) is 12.0. The van der Waals surface area contributed by atoms with Crippen LogP contribution in [0.15, 0.2) is 30.3 Å². The Morgan fingerprint density at radius 2 is 1.88 bits per heavy atom. The molecule has 1 fully saturated rings. The Hall–Kier alpha value is -1.51. The van der Waals surface area contributed by atoms with Crippen molar-refractivity contribution in [3.63, 3.8) is 0 Å². The van der Waals surface area contributed by atoms with Crippen LogP contribution >= 0.6 is 0 Å². The third kappa shape index (κ3) is 2.28. The van der Waals surface area contributed by atoms with Crippen LogP contribution in [0.25, 0.3) is 0 Å². The first-order valence-electron chi connectivity index (χ1n) is 6.11. The van der Waals surface area contributed by atoms with Gasteiger partial charge >= 0.3 is 6.09 Å². The second-order valence-corrected chi connectivity index (χ2v) is 4.88. The highest BCUT2D eigenvalue weighted by Gasteiger charge is 2.38. The van der Waals surface area contributed by atoms with Crippen molar-refractivity contribution in [3.8, 4) is 0 Å². The minimum atomic E-state index is -0.194. The van der Waals surface area contributed by atoms with E-state index in [-0.39, 0.29) is 18.2 Å². The van der Waals surface area contributed by atoms with Crippen LogP contribution in [0.4, 0.5) is 4.79 Å². The number of ether oxygens (including phenoxy) is 1. The summed E-state index contributed by atoms with van der Waals surface area (Å²) in [5, 5.41) is 0. The number of cyclic esters (lactones) is 1. The van der Waals surface area contributed by atoms with E-state index in [2.05, 4.69) is 20.8 Å². The predicted molar refractivity (Wildman–Crippen MR) is 66.7 cm³/mol. The number of hydrogen-bond donors (Lipinski definition) is 0. The summed E-state index contributed by atoms with van der Waals surface area (Å²) < 4.78 is 5.17. The van der Waals surface area contributed by atoms with Gasteiger partial charge in [0.1, 0.15) is 6.61 Å². The summed E-state index contributed by atoms with van der Waals surface area (Å²) in [5.74, 6) is 0.410. The van der Waals surface area contributed by atoms with Crippen molar-refractivity contribution in [3.05, 3.63) is 35.9 Å². The van der Waals surface area contributed by atoms with Crippen LogP contribution in [-0.4, -0.2) is 23.6 Å². The highest BCUT2D eigenvalue weighted by atomic mass is 16.6. The van der Waals surface area contributed by atoms with Crippen LogP contribution in [0.2, 0.25) is 0 Å². The Labute approximate surface area is 102 Å². The molecule has 0 aliphatic carbocycles. The summed E-state index contributed by atoms with van der Waals surface area (Å²) in [5.41, 5.74) is 1.15. The van der Waals surface area contributed by atoms with E-state index in [1.807, 2.05) is 35.2 Å². The van der Waals surface area contributed by atoms with Crippen LogP contribution in [-0.2, 0) is 4.74 Å². The number of carbonyl (C=O) groups excluding carboxylic acids is 1. The molecule has 1 aliphatic rings. The van der Waals surface area contributed by atoms with E-state index in [0.29, 0.717) is 12.5 Å². The molecule has 3 heteroatoms. The number of hydrogen-bond acceptors (Lipinski definition) is 2. The molecule has 0 N–H and O–H groups in total. The van der Waals surface area contributed by atoms with Gasteiger partial charge in [-0.05, 0) is 18.4 Å². The molecule has 0 bridgehead atoms. The van der Waals surface area contributed by atoms with Crippen molar-refractivity contribution in [2.75, 3.05) is 6.61 Å². The van der Waals surface area contributed by atoms with Crippen LogP contribution in [0, 0.1) is 5.92 Å². The summed E-state index contributed by atoms with van der Waals surface area (Å²) in [6, 6.07) is 10.3. The molecule has 0 saturated carbocycles. The summed E-state index contributed by atoms with van der Waals surface area (Å²) in [6.45, 7) is 6.81. The lowest BCUT2D eigenvalue weighted by molar-refractivity contribution is 0.143. The molecule has 1 aromatic rings. The van der Waals surface area contributed by atoms with Gasteiger partial charge in [-0.2, -0.15) is 0 Å². The Kier molecular flexibility index (Phi) is 3.36. The van der Waals surface area contributed by atoms with Gasteiger partial charge in [0.2, 0.25) is 0 Å². The van der Waals surface area contributed by atoms with E-state index in [9.17, 15) is 4.79 Å². The molecule has 0 spiro atoms. The van der Waals surface area contributed by atoms with Crippen molar-refractivity contribution in [2.45, 2.75) is 32.9 Å². The Bertz CT molecular complexity index is 388. The molecular formula is C14H19NO2. The van der Waals surface area contributed by atoms with Crippen molar-refractivity contribution in [1.82, 2.24) is 4.90 Å². The smallest absolute Gasteiger partial charge is 0.410 e. The fourth-order valence-electron chi connectivity index (χ4n) is 2.30. The normalized spacial score (nSPS) is 21.8. The maximum Gasteiger partial charge on any atom is 0.410 e. The van der Waals surface area contributed by atoms with Gasteiger partial charge < -0.3 is 4.74 Å². The summed E-state index contributed by atoms with van der Waals surface area (Å²) in [4.78, 5) is 13.7. The van der Waals surface area contributed by atoms with E-state index in [1.54, 1.807) is 0 Å². The van der Waals surface area contributed by atoms with E-state index in [4.69, 9.17) is 4.74 Å². The Morgan fingerprint density at radius 1 is 1.24 bits per heavy atom. The van der Waals surface area contributed by atoms with Crippen LogP contribution < -0.4 is 0 Å². The van der Waals surface area contributed by atoms with E-state index < -0.39 is 0 Å². The number of amides is 1. The quantitative estimate of drug-likeness (QED) is 0.802. The van der Waals surface area contributed by atoms with Gasteiger partial charge in [0, 0.05) is 0 Å². The second kappa shape index (κ2) is 4.78. The predicted octanol–water partition coefficient (Wildman–Crippen LogP) is 3.22. The van der Waals surface area contributed by atoms with Crippen molar-refractivity contribution in [1.29, 1.82) is 0 Å². The number of carbonyl (C=O) groups is 1. The zero-order chi connectivity index (χ0) is 12.4. The monoisotopic (exact) mass is 233 g/mol. The van der Waals surface area contributed by atoms with Crippen LogP contribution in [0.1, 0.15) is 32.4 Å². The lowest BCUT2D eigenvalue weighted by Crippen LogP contribution is -2.38. The van der Waals surface area contributed by atoms with Crippen molar-refractivity contribution in [2.24, 2.45) is 5.92 Å². The number of nitrogens with zero attached hydrogens (tertiary/aromatic N) is 1. The highest BCUT2D eigenvalue weighted by molar-refractivity contribution is 5.70. The molecular weight excluding hydrogens is 214 g/mol. The highest BCUT2D eigenvalue weighted by Crippen LogP contribution is 2.30. The maximum absolute atomic E-state index is 11.8. The van der Waals surface area contributed by atoms with Gasteiger partial charge in [0.05, 0.1) is 12.1 Å². The first-order chi connectivity index (χ1) is 8.11. The molecule has 0 aromatic heterocycles. The first-order valence-corrected chi connectivity index (χ1v) is 6.11. The topological polar surface area (TPSA) is 29.5 Å². The molecule has 1 heterocycles.